The molecule has 1 aliphatic carbocycles. The Hall–Kier alpha value is -2.34. The zero-order chi connectivity index (χ0) is 17.4. The normalized spacial score (nSPS) is 14.0. The molecule has 0 spiro atoms. The molecule has 0 aliphatic heterocycles. The molecule has 2 aromatic carbocycles. The summed E-state index contributed by atoms with van der Waals surface area (Å²) in [6.45, 7) is 0.549. The van der Waals surface area contributed by atoms with E-state index in [9.17, 15) is 9.59 Å². The Morgan fingerprint density at radius 3 is 2.76 bits per heavy atom. The molecule has 1 aliphatic rings. The molecule has 4 rings (SSSR count). The van der Waals surface area contributed by atoms with Crippen molar-refractivity contribution in [3.05, 3.63) is 69.1 Å². The first-order valence-corrected chi connectivity index (χ1v) is 9.03. The van der Waals surface area contributed by atoms with E-state index in [4.69, 9.17) is 4.42 Å². The Labute approximate surface area is 153 Å². The van der Waals surface area contributed by atoms with Gasteiger partial charge in [-0.1, -0.05) is 40.2 Å². The second-order valence-electron chi connectivity index (χ2n) is 6.30. The van der Waals surface area contributed by atoms with E-state index in [0.29, 0.717) is 17.6 Å². The number of aromatic nitrogens is 1. The van der Waals surface area contributed by atoms with Crippen molar-refractivity contribution >= 4 is 32.9 Å². The van der Waals surface area contributed by atoms with E-state index in [0.717, 1.165) is 22.9 Å². The van der Waals surface area contributed by atoms with Gasteiger partial charge in [0.25, 0.3) is 0 Å². The van der Waals surface area contributed by atoms with Gasteiger partial charge in [0.15, 0.2) is 5.58 Å². The van der Waals surface area contributed by atoms with E-state index < -0.39 is 5.76 Å². The van der Waals surface area contributed by atoms with Crippen molar-refractivity contribution in [3.8, 4) is 0 Å². The monoisotopic (exact) mass is 400 g/mol. The third-order valence-electron chi connectivity index (χ3n) is 4.42. The molecular formula is C19H17BrN2O3. The van der Waals surface area contributed by atoms with E-state index in [1.807, 2.05) is 35.2 Å². The van der Waals surface area contributed by atoms with Gasteiger partial charge in [-0.3, -0.25) is 9.36 Å². The molecule has 0 atom stereocenters. The Morgan fingerprint density at radius 2 is 2.00 bits per heavy atom. The molecule has 1 saturated carbocycles. The summed E-state index contributed by atoms with van der Waals surface area (Å²) < 4.78 is 7.62. The van der Waals surface area contributed by atoms with Crippen LogP contribution in [0.1, 0.15) is 18.4 Å². The first kappa shape index (κ1) is 16.1. The third-order valence-corrected chi connectivity index (χ3v) is 4.91. The van der Waals surface area contributed by atoms with Gasteiger partial charge < -0.3 is 9.32 Å². The minimum Gasteiger partial charge on any atom is -0.408 e. The number of fused-ring (bicyclic) bond motifs is 1. The summed E-state index contributed by atoms with van der Waals surface area (Å²) in [6.07, 6.45) is 2.03. The Morgan fingerprint density at radius 1 is 1.20 bits per heavy atom. The molecule has 0 unspecified atom stereocenters. The number of carbonyl (C=O) groups is 1. The maximum absolute atomic E-state index is 12.9. The lowest BCUT2D eigenvalue weighted by atomic mass is 10.2. The van der Waals surface area contributed by atoms with Crippen LogP contribution in [0.15, 0.2) is 62.2 Å². The summed E-state index contributed by atoms with van der Waals surface area (Å²) in [7, 11) is 0. The van der Waals surface area contributed by atoms with Crippen LogP contribution in [0.2, 0.25) is 0 Å². The highest BCUT2D eigenvalue weighted by Gasteiger charge is 2.33. The minimum absolute atomic E-state index is 0.000347. The van der Waals surface area contributed by atoms with Gasteiger partial charge in [0.1, 0.15) is 6.54 Å². The summed E-state index contributed by atoms with van der Waals surface area (Å²) in [5.41, 5.74) is 2.23. The van der Waals surface area contributed by atoms with Crippen molar-refractivity contribution in [2.75, 3.05) is 0 Å². The second-order valence-corrected chi connectivity index (χ2v) is 7.22. The topological polar surface area (TPSA) is 55.5 Å². The fourth-order valence-electron chi connectivity index (χ4n) is 3.03. The maximum Gasteiger partial charge on any atom is 0.420 e. The first-order valence-electron chi connectivity index (χ1n) is 8.24. The second kappa shape index (κ2) is 6.52. The molecular weight excluding hydrogens is 384 g/mol. The van der Waals surface area contributed by atoms with Crippen LogP contribution in [0.5, 0.6) is 0 Å². The molecule has 1 amide bonds. The highest BCUT2D eigenvalue weighted by atomic mass is 79.9. The largest absolute Gasteiger partial charge is 0.420 e. The number of hydrogen-bond acceptors (Lipinski definition) is 3. The van der Waals surface area contributed by atoms with Crippen molar-refractivity contribution < 1.29 is 9.21 Å². The number of oxazole rings is 1. The van der Waals surface area contributed by atoms with Crippen LogP contribution >= 0.6 is 15.9 Å². The third kappa shape index (κ3) is 3.39. The van der Waals surface area contributed by atoms with E-state index in [1.54, 1.807) is 18.2 Å². The summed E-state index contributed by atoms with van der Waals surface area (Å²) >= 11 is 3.47. The Balaban J connectivity index is 1.59. The van der Waals surface area contributed by atoms with Crippen LogP contribution in [0, 0.1) is 0 Å². The van der Waals surface area contributed by atoms with Gasteiger partial charge in [-0.15, -0.1) is 0 Å². The summed E-state index contributed by atoms with van der Waals surface area (Å²) in [6, 6.07) is 15.4. The van der Waals surface area contributed by atoms with E-state index in [1.165, 1.54) is 4.57 Å². The SMILES string of the molecule is O=C(Cn1c(=O)oc2ccccc21)N(Cc1cccc(Br)c1)C1CC1. The highest BCUT2D eigenvalue weighted by molar-refractivity contribution is 9.10. The molecule has 0 saturated heterocycles. The molecule has 5 nitrogen and oxygen atoms in total. The molecule has 6 heteroatoms. The Bertz CT molecular complexity index is 987. The van der Waals surface area contributed by atoms with E-state index >= 15 is 0 Å². The molecule has 1 aromatic heterocycles. The lowest BCUT2D eigenvalue weighted by molar-refractivity contribution is -0.133. The molecule has 0 bridgehead atoms. The van der Waals surface area contributed by atoms with Gasteiger partial charge in [0, 0.05) is 17.1 Å². The average molecular weight is 401 g/mol. The number of hydrogen-bond donors (Lipinski definition) is 0. The number of nitrogens with zero attached hydrogens (tertiary/aromatic N) is 2. The van der Waals surface area contributed by atoms with E-state index in [-0.39, 0.29) is 18.5 Å². The van der Waals surface area contributed by atoms with Gasteiger partial charge in [-0.05, 0) is 42.7 Å². The lowest BCUT2D eigenvalue weighted by Gasteiger charge is -2.23. The lowest BCUT2D eigenvalue weighted by Crippen LogP contribution is -2.36. The summed E-state index contributed by atoms with van der Waals surface area (Å²) in [5, 5.41) is 0. The quantitative estimate of drug-likeness (QED) is 0.657. The average Bonchev–Trinajstić information content (AvgIpc) is 3.38. The van der Waals surface area contributed by atoms with Gasteiger partial charge in [-0.25, -0.2) is 4.79 Å². The molecule has 0 radical (unpaired) electrons. The van der Waals surface area contributed by atoms with Crippen LogP contribution in [0.25, 0.3) is 11.1 Å². The van der Waals surface area contributed by atoms with Crippen molar-refractivity contribution in [1.82, 2.24) is 9.47 Å². The van der Waals surface area contributed by atoms with Gasteiger partial charge in [-0.2, -0.15) is 0 Å². The van der Waals surface area contributed by atoms with Gasteiger partial charge >= 0.3 is 5.76 Å². The van der Waals surface area contributed by atoms with Gasteiger partial charge in [0.2, 0.25) is 5.91 Å². The first-order chi connectivity index (χ1) is 12.1. The van der Waals surface area contributed by atoms with Crippen molar-refractivity contribution in [2.45, 2.75) is 32.0 Å². The van der Waals surface area contributed by atoms with Crippen LogP contribution < -0.4 is 5.76 Å². The highest BCUT2D eigenvalue weighted by Crippen LogP contribution is 2.29. The standard InChI is InChI=1S/C19H17BrN2O3/c20-14-5-3-4-13(10-14)11-21(15-8-9-15)18(23)12-22-16-6-1-2-7-17(16)25-19(22)24/h1-7,10,15H,8-9,11-12H2. The van der Waals surface area contributed by atoms with Crippen molar-refractivity contribution in [1.29, 1.82) is 0 Å². The smallest absolute Gasteiger partial charge is 0.408 e. The molecule has 128 valence electrons. The van der Waals surface area contributed by atoms with Crippen LogP contribution in [-0.4, -0.2) is 21.4 Å². The molecule has 25 heavy (non-hydrogen) atoms. The minimum atomic E-state index is -0.493. The number of amides is 1. The number of rotatable bonds is 5. The number of benzene rings is 2. The Kier molecular flexibility index (Phi) is 4.21. The van der Waals surface area contributed by atoms with Crippen LogP contribution in [0.4, 0.5) is 0 Å². The summed E-state index contributed by atoms with van der Waals surface area (Å²) in [4.78, 5) is 26.9. The maximum atomic E-state index is 12.9. The predicted molar refractivity (Wildman–Crippen MR) is 98.2 cm³/mol. The van der Waals surface area contributed by atoms with Crippen molar-refractivity contribution in [2.24, 2.45) is 0 Å². The summed E-state index contributed by atoms with van der Waals surface area (Å²) in [5.74, 6) is -0.552. The fraction of sp³-hybridized carbons (Fsp3) is 0.263. The van der Waals surface area contributed by atoms with E-state index in [2.05, 4.69) is 15.9 Å². The van der Waals surface area contributed by atoms with Crippen LogP contribution in [0.3, 0.4) is 0 Å². The molecule has 1 heterocycles. The molecule has 3 aromatic rings. The number of para-hydroxylation sites is 2. The fourth-order valence-corrected chi connectivity index (χ4v) is 3.48. The predicted octanol–water partition coefficient (Wildman–Crippen LogP) is 3.55. The zero-order valence-electron chi connectivity index (χ0n) is 13.5. The van der Waals surface area contributed by atoms with Crippen molar-refractivity contribution in [3.63, 3.8) is 0 Å². The van der Waals surface area contributed by atoms with Gasteiger partial charge in [0.05, 0.1) is 5.52 Å². The molecule has 0 N–H and O–H groups in total. The zero-order valence-corrected chi connectivity index (χ0v) is 15.1. The number of carbonyl (C=O) groups excluding carboxylic acids is 1. The molecule has 1 fully saturated rings. The van der Waals surface area contributed by atoms with Crippen LogP contribution in [-0.2, 0) is 17.9 Å². The number of halogens is 1.